The van der Waals surface area contributed by atoms with Crippen LogP contribution in [-0.4, -0.2) is 17.6 Å². The summed E-state index contributed by atoms with van der Waals surface area (Å²) in [4.78, 5) is 11.8. The van der Waals surface area contributed by atoms with Gasteiger partial charge in [0, 0.05) is 0 Å². The zero-order chi connectivity index (χ0) is 16.0. The molecule has 1 aliphatic rings. The van der Waals surface area contributed by atoms with Gasteiger partial charge in [-0.2, -0.15) is 21.9 Å². The molecule has 1 unspecified atom stereocenters. The van der Waals surface area contributed by atoms with Crippen LogP contribution in [0.15, 0.2) is 14.8 Å². The van der Waals surface area contributed by atoms with Gasteiger partial charge in [-0.3, -0.25) is 4.79 Å². The first-order valence-corrected chi connectivity index (χ1v) is 6.81. The van der Waals surface area contributed by atoms with Gasteiger partial charge < -0.3 is 11.1 Å². The van der Waals surface area contributed by atoms with E-state index < -0.39 is 17.6 Å². The quantitative estimate of drug-likeness (QED) is 0.852. The first-order valence-electron chi connectivity index (χ1n) is 5.33. The molecule has 114 valence electrons. The van der Waals surface area contributed by atoms with E-state index in [1.54, 1.807) is 0 Å². The van der Waals surface area contributed by atoms with Crippen molar-refractivity contribution in [2.45, 2.75) is 18.6 Å². The second-order valence-corrected chi connectivity index (χ2v) is 5.67. The van der Waals surface area contributed by atoms with Gasteiger partial charge in [-0.05, 0) is 13.0 Å². The lowest BCUT2D eigenvalue weighted by Crippen LogP contribution is -2.59. The molecule has 3 N–H and O–H groups in total. The van der Waals surface area contributed by atoms with Gasteiger partial charge >= 0.3 is 6.18 Å². The summed E-state index contributed by atoms with van der Waals surface area (Å²) in [5.74, 6) is -1.46. The maximum atomic E-state index is 12.7. The van der Waals surface area contributed by atoms with Gasteiger partial charge in [-0.1, -0.05) is 23.2 Å². The Morgan fingerprint density at radius 2 is 1.86 bits per heavy atom. The van der Waals surface area contributed by atoms with Crippen LogP contribution in [0.25, 0.3) is 0 Å². The number of alkyl halides is 3. The smallest absolute Gasteiger partial charge is 0.321 e. The number of nitrogens with zero attached hydrogens (tertiary/aromatic N) is 2. The highest BCUT2D eigenvalue weighted by Gasteiger charge is 2.54. The van der Waals surface area contributed by atoms with Crippen LogP contribution in [-0.2, 0) is 16.1 Å². The molecule has 0 saturated carbocycles. The van der Waals surface area contributed by atoms with E-state index in [-0.39, 0.29) is 27.1 Å². The number of hydrogen-bond donors (Lipinski definition) is 2. The van der Waals surface area contributed by atoms with Gasteiger partial charge in [0.25, 0.3) is 5.91 Å². The fourth-order valence-electron chi connectivity index (χ4n) is 1.37. The normalized spacial score (nSPS) is 16.1. The third kappa shape index (κ3) is 2.78. The number of nitrogens with two attached hydrogens (primary N) is 1. The van der Waals surface area contributed by atoms with Crippen LogP contribution in [0.1, 0.15) is 6.92 Å². The van der Waals surface area contributed by atoms with Crippen molar-refractivity contribution in [2.75, 3.05) is 5.32 Å². The first-order chi connectivity index (χ1) is 9.55. The van der Waals surface area contributed by atoms with Crippen molar-refractivity contribution in [1.82, 2.24) is 0 Å². The highest BCUT2D eigenvalue weighted by molar-refractivity contribution is 7.58. The largest absolute Gasteiger partial charge is 0.415 e. The average molecular weight is 359 g/mol. The molecule has 21 heavy (non-hydrogen) atoms. The number of halogens is 5. The summed E-state index contributed by atoms with van der Waals surface area (Å²) < 4.78 is 46.0. The highest BCUT2D eigenvalue weighted by atomic mass is 35.5. The lowest BCUT2D eigenvalue weighted by atomic mass is 10.0. The van der Waals surface area contributed by atoms with Crippen molar-refractivity contribution < 1.29 is 18.0 Å². The fourth-order valence-corrected chi connectivity index (χ4v) is 2.52. The summed E-state index contributed by atoms with van der Waals surface area (Å²) in [5, 5.41) is 2.15. The van der Waals surface area contributed by atoms with E-state index in [9.17, 15) is 18.0 Å². The number of benzene rings is 1. The highest BCUT2D eigenvalue weighted by Crippen LogP contribution is 2.48. The molecule has 1 aliphatic heterocycles. The van der Waals surface area contributed by atoms with Crippen molar-refractivity contribution in [3.63, 3.8) is 0 Å². The molecule has 0 saturated heterocycles. The predicted molar refractivity (Wildman–Crippen MR) is 75.3 cm³/mol. The van der Waals surface area contributed by atoms with Crippen LogP contribution in [0.5, 0.6) is 0 Å². The molecular weight excluding hydrogens is 352 g/mol. The zero-order valence-electron chi connectivity index (χ0n) is 10.3. The Balaban J connectivity index is 2.41. The lowest BCUT2D eigenvalue weighted by Gasteiger charge is -2.26. The van der Waals surface area contributed by atoms with Crippen molar-refractivity contribution >= 4 is 57.5 Å². The SMILES string of the molecule is CC(N)(C(=O)Nc1c(Cl)cc(Cl)c2c1N=S=N2)C(F)(F)F. The molecule has 0 spiro atoms. The number of nitrogens with one attached hydrogen (secondary N) is 1. The molecule has 5 nitrogen and oxygen atoms in total. The molecule has 0 aromatic heterocycles. The van der Waals surface area contributed by atoms with Crippen LogP contribution < -0.4 is 11.1 Å². The third-order valence-electron chi connectivity index (χ3n) is 2.74. The van der Waals surface area contributed by atoms with Gasteiger partial charge in [0.05, 0.1) is 27.1 Å². The molecule has 0 bridgehead atoms. The summed E-state index contributed by atoms with van der Waals surface area (Å²) in [6.07, 6.45) is -4.92. The summed E-state index contributed by atoms with van der Waals surface area (Å²) in [6, 6.07) is 1.25. The topological polar surface area (TPSA) is 79.8 Å². The number of rotatable bonds is 2. The van der Waals surface area contributed by atoms with Crippen molar-refractivity contribution in [3.8, 4) is 0 Å². The molecule has 1 aromatic carbocycles. The Labute approximate surface area is 130 Å². The van der Waals surface area contributed by atoms with Gasteiger partial charge in [0.15, 0.2) is 5.54 Å². The lowest BCUT2D eigenvalue weighted by molar-refractivity contribution is -0.184. The van der Waals surface area contributed by atoms with Gasteiger partial charge in [-0.25, -0.2) is 0 Å². The molecule has 1 heterocycles. The minimum absolute atomic E-state index is 0.0634. The Kier molecular flexibility index (Phi) is 4.04. The Morgan fingerprint density at radius 1 is 1.29 bits per heavy atom. The Hall–Kier alpha value is -1.16. The van der Waals surface area contributed by atoms with Crippen molar-refractivity contribution in [2.24, 2.45) is 14.5 Å². The standard InChI is InChI=1S/C10H7Cl2F3N4OS/c1-9(16,10(13,14)15)8(20)17-5-3(11)2-4(12)6-7(5)19-21-18-6/h2H,16H2,1H3,(H,17,20). The van der Waals surface area contributed by atoms with Gasteiger partial charge in [-0.15, -0.1) is 0 Å². The number of fused-ring (bicyclic) bond motifs is 1. The van der Waals surface area contributed by atoms with E-state index in [0.29, 0.717) is 6.92 Å². The zero-order valence-corrected chi connectivity index (χ0v) is 12.6. The van der Waals surface area contributed by atoms with E-state index in [1.807, 2.05) is 5.32 Å². The molecule has 0 aliphatic carbocycles. The average Bonchev–Trinajstić information content (AvgIpc) is 2.82. The number of hydrogen-bond acceptors (Lipinski definition) is 4. The second kappa shape index (κ2) is 5.24. The monoisotopic (exact) mass is 358 g/mol. The predicted octanol–water partition coefficient (Wildman–Crippen LogP) is 3.94. The number of carbonyl (C=O) groups is 1. The van der Waals surface area contributed by atoms with E-state index in [0.717, 1.165) is 11.4 Å². The summed E-state index contributed by atoms with van der Waals surface area (Å²) in [6.45, 7) is 0.558. The third-order valence-corrected chi connectivity index (χ3v) is 3.86. The maximum Gasteiger partial charge on any atom is 0.415 e. The van der Waals surface area contributed by atoms with E-state index in [4.69, 9.17) is 28.9 Å². The minimum atomic E-state index is -4.92. The van der Waals surface area contributed by atoms with Gasteiger partial charge in [0.1, 0.15) is 11.4 Å². The number of amides is 1. The van der Waals surface area contributed by atoms with E-state index in [1.165, 1.54) is 6.07 Å². The van der Waals surface area contributed by atoms with Gasteiger partial charge in [0.2, 0.25) is 0 Å². The molecule has 11 heteroatoms. The Morgan fingerprint density at radius 3 is 2.43 bits per heavy atom. The minimum Gasteiger partial charge on any atom is -0.321 e. The summed E-state index contributed by atoms with van der Waals surface area (Å²) in [5.41, 5.74) is 2.18. The number of carbonyl (C=O) groups excluding carboxylic acids is 1. The molecule has 0 radical (unpaired) electrons. The summed E-state index contributed by atoms with van der Waals surface area (Å²) >= 11 is 12.5. The first kappa shape index (κ1) is 16.2. The van der Waals surface area contributed by atoms with Crippen LogP contribution in [0.4, 0.5) is 30.2 Å². The van der Waals surface area contributed by atoms with E-state index >= 15 is 0 Å². The van der Waals surface area contributed by atoms with Crippen molar-refractivity contribution in [1.29, 1.82) is 0 Å². The number of anilines is 1. The molecule has 1 aromatic rings. The molecule has 0 fully saturated rings. The van der Waals surface area contributed by atoms with Crippen LogP contribution >= 0.6 is 23.2 Å². The van der Waals surface area contributed by atoms with Crippen LogP contribution in [0, 0.1) is 0 Å². The van der Waals surface area contributed by atoms with Crippen molar-refractivity contribution in [3.05, 3.63) is 16.1 Å². The molecule has 2 rings (SSSR count). The molecule has 1 amide bonds. The Bertz CT molecular complexity index is 699. The summed E-state index contributed by atoms with van der Waals surface area (Å²) in [7, 11) is 0. The maximum absolute atomic E-state index is 12.7. The molecule has 1 atom stereocenters. The second-order valence-electron chi connectivity index (χ2n) is 4.33. The van der Waals surface area contributed by atoms with Crippen LogP contribution in [0.3, 0.4) is 0 Å². The molecular formula is C10H7Cl2F3N4OS. The fraction of sp³-hybridized carbons (Fsp3) is 0.300. The van der Waals surface area contributed by atoms with Crippen LogP contribution in [0.2, 0.25) is 10.0 Å². The van der Waals surface area contributed by atoms with E-state index in [2.05, 4.69) is 8.73 Å².